The summed E-state index contributed by atoms with van der Waals surface area (Å²) in [7, 11) is 0. The van der Waals surface area contributed by atoms with Crippen LogP contribution in [-0.4, -0.2) is 38.8 Å². The molecule has 0 aliphatic carbocycles. The minimum Gasteiger partial charge on any atom is -0.491 e. The molecule has 1 unspecified atom stereocenters. The number of halogens is 1. The van der Waals surface area contributed by atoms with Gasteiger partial charge in [0.05, 0.1) is 12.5 Å². The van der Waals surface area contributed by atoms with E-state index < -0.39 is 0 Å². The predicted molar refractivity (Wildman–Crippen MR) is 97.9 cm³/mol. The van der Waals surface area contributed by atoms with E-state index in [1.54, 1.807) is 0 Å². The molecule has 0 aromatic heterocycles. The fourth-order valence-corrected chi connectivity index (χ4v) is 2.70. The van der Waals surface area contributed by atoms with Crippen molar-refractivity contribution in [2.45, 2.75) is 33.2 Å². The van der Waals surface area contributed by atoms with Crippen molar-refractivity contribution in [3.05, 3.63) is 29.3 Å². The quantitative estimate of drug-likeness (QED) is 0.702. The zero-order valence-electron chi connectivity index (χ0n) is 14.6. The first-order chi connectivity index (χ1) is 11.2. The maximum Gasteiger partial charge on any atom is 0.224 e. The van der Waals surface area contributed by atoms with E-state index in [1.165, 1.54) is 0 Å². The van der Waals surface area contributed by atoms with E-state index >= 15 is 0 Å². The highest BCUT2D eigenvalue weighted by Crippen LogP contribution is 2.20. The lowest BCUT2D eigenvalue weighted by Gasteiger charge is -2.22. The first kappa shape index (κ1) is 20.7. The summed E-state index contributed by atoms with van der Waals surface area (Å²) in [6.07, 6.45) is 2.03. The van der Waals surface area contributed by atoms with Gasteiger partial charge >= 0.3 is 0 Å². The average molecular weight is 357 g/mol. The van der Waals surface area contributed by atoms with Gasteiger partial charge in [0.25, 0.3) is 0 Å². The Morgan fingerprint density at radius 3 is 2.92 bits per heavy atom. The fourth-order valence-electron chi connectivity index (χ4n) is 2.70. The van der Waals surface area contributed by atoms with Crippen LogP contribution in [0.2, 0.25) is 0 Å². The molecule has 1 heterocycles. The van der Waals surface area contributed by atoms with E-state index in [2.05, 4.69) is 10.6 Å². The van der Waals surface area contributed by atoms with Crippen LogP contribution in [0.4, 0.5) is 0 Å². The summed E-state index contributed by atoms with van der Waals surface area (Å²) in [5.74, 6) is 1.03. The molecule has 5 nitrogen and oxygen atoms in total. The van der Waals surface area contributed by atoms with Gasteiger partial charge in [0.2, 0.25) is 5.91 Å². The third-order valence-electron chi connectivity index (χ3n) is 4.03. The van der Waals surface area contributed by atoms with Gasteiger partial charge in [-0.1, -0.05) is 12.1 Å². The van der Waals surface area contributed by atoms with Crippen molar-refractivity contribution in [2.75, 3.05) is 32.9 Å². The summed E-state index contributed by atoms with van der Waals surface area (Å²) in [5, 5.41) is 6.31. The number of hydrogen-bond acceptors (Lipinski definition) is 4. The highest BCUT2D eigenvalue weighted by molar-refractivity contribution is 5.85. The lowest BCUT2D eigenvalue weighted by Crippen LogP contribution is -2.40. The van der Waals surface area contributed by atoms with Crippen LogP contribution < -0.4 is 15.4 Å². The van der Waals surface area contributed by atoms with Crippen LogP contribution in [0, 0.1) is 12.8 Å². The van der Waals surface area contributed by atoms with Crippen molar-refractivity contribution in [1.82, 2.24) is 10.6 Å². The largest absolute Gasteiger partial charge is 0.491 e. The summed E-state index contributed by atoms with van der Waals surface area (Å²) in [4.78, 5) is 12.2. The van der Waals surface area contributed by atoms with E-state index in [-0.39, 0.29) is 24.2 Å². The van der Waals surface area contributed by atoms with Gasteiger partial charge in [0.15, 0.2) is 0 Å². The van der Waals surface area contributed by atoms with Crippen LogP contribution >= 0.6 is 12.4 Å². The van der Waals surface area contributed by atoms with Crippen molar-refractivity contribution in [3.8, 4) is 5.75 Å². The Morgan fingerprint density at radius 1 is 1.38 bits per heavy atom. The van der Waals surface area contributed by atoms with E-state index in [0.29, 0.717) is 26.4 Å². The summed E-state index contributed by atoms with van der Waals surface area (Å²) < 4.78 is 11.1. The molecule has 1 aromatic rings. The summed E-state index contributed by atoms with van der Waals surface area (Å²) in [5.41, 5.74) is 2.15. The number of carbonyl (C=O) groups excluding carboxylic acids is 1. The van der Waals surface area contributed by atoms with Crippen LogP contribution in [0.3, 0.4) is 0 Å². The van der Waals surface area contributed by atoms with Gasteiger partial charge in [-0.25, -0.2) is 0 Å². The van der Waals surface area contributed by atoms with Crippen molar-refractivity contribution in [2.24, 2.45) is 5.92 Å². The number of rotatable bonds is 8. The molecule has 0 saturated carbocycles. The highest BCUT2D eigenvalue weighted by atomic mass is 35.5. The van der Waals surface area contributed by atoms with Crippen molar-refractivity contribution in [3.63, 3.8) is 0 Å². The van der Waals surface area contributed by atoms with E-state index in [9.17, 15) is 4.79 Å². The van der Waals surface area contributed by atoms with Crippen LogP contribution in [-0.2, 0) is 16.1 Å². The lowest BCUT2D eigenvalue weighted by molar-refractivity contribution is -0.125. The molecule has 0 spiro atoms. The maximum absolute atomic E-state index is 12.2. The van der Waals surface area contributed by atoms with Crippen molar-refractivity contribution >= 4 is 18.3 Å². The molecule has 2 rings (SSSR count). The summed E-state index contributed by atoms with van der Waals surface area (Å²) >= 11 is 0. The minimum atomic E-state index is 0. The Kier molecular flexibility index (Phi) is 9.76. The van der Waals surface area contributed by atoms with E-state index in [4.69, 9.17) is 9.47 Å². The Bertz CT molecular complexity index is 505. The normalized spacial score (nSPS) is 17.0. The molecule has 136 valence electrons. The number of piperidine rings is 1. The molecule has 1 aliphatic rings. The second-order valence-electron chi connectivity index (χ2n) is 5.92. The molecule has 0 radical (unpaired) electrons. The number of aryl methyl sites for hydroxylation is 1. The smallest absolute Gasteiger partial charge is 0.224 e. The lowest BCUT2D eigenvalue weighted by atomic mass is 9.99. The molecule has 0 bridgehead atoms. The Hall–Kier alpha value is -1.30. The van der Waals surface area contributed by atoms with Gasteiger partial charge in [-0.15, -0.1) is 12.4 Å². The Morgan fingerprint density at radius 2 is 2.21 bits per heavy atom. The number of hydrogen-bond donors (Lipinski definition) is 2. The van der Waals surface area contributed by atoms with Gasteiger partial charge in [0.1, 0.15) is 12.4 Å². The van der Waals surface area contributed by atoms with Gasteiger partial charge in [-0.3, -0.25) is 4.79 Å². The number of carbonyl (C=O) groups is 1. The van der Waals surface area contributed by atoms with Gasteiger partial charge in [-0.05, 0) is 44.9 Å². The Labute approximate surface area is 150 Å². The van der Waals surface area contributed by atoms with Crippen molar-refractivity contribution in [1.29, 1.82) is 0 Å². The number of benzene rings is 1. The molecule has 1 atom stereocenters. The molecule has 6 heteroatoms. The van der Waals surface area contributed by atoms with Gasteiger partial charge in [-0.2, -0.15) is 0 Å². The molecular weight excluding hydrogens is 328 g/mol. The Balaban J connectivity index is 0.00000288. The summed E-state index contributed by atoms with van der Waals surface area (Å²) in [6.45, 7) is 8.07. The SMILES string of the molecule is CCOCCOc1cc(C)ccc1CNC(=O)C1CCCNC1.Cl. The number of amides is 1. The number of nitrogens with one attached hydrogen (secondary N) is 2. The molecular formula is C18H29ClN2O3. The fraction of sp³-hybridized carbons (Fsp3) is 0.611. The summed E-state index contributed by atoms with van der Waals surface area (Å²) in [6, 6.07) is 6.07. The highest BCUT2D eigenvalue weighted by Gasteiger charge is 2.20. The topological polar surface area (TPSA) is 59.6 Å². The number of ether oxygens (including phenoxy) is 2. The van der Waals surface area contributed by atoms with E-state index in [1.807, 2.05) is 32.0 Å². The first-order valence-electron chi connectivity index (χ1n) is 8.49. The standard InChI is InChI=1S/C18H28N2O3.ClH/c1-3-22-9-10-23-17-11-14(2)6-7-15(17)13-20-18(21)16-5-4-8-19-12-16;/h6-7,11,16,19H,3-5,8-10,12-13H2,1-2H3,(H,20,21);1H. The van der Waals surface area contributed by atoms with Gasteiger partial charge in [0, 0.05) is 25.3 Å². The second-order valence-corrected chi connectivity index (χ2v) is 5.92. The maximum atomic E-state index is 12.2. The van der Waals surface area contributed by atoms with Crippen LogP contribution in [0.15, 0.2) is 18.2 Å². The second kappa shape index (κ2) is 11.3. The molecule has 2 N–H and O–H groups in total. The van der Waals surface area contributed by atoms with Crippen LogP contribution in [0.1, 0.15) is 30.9 Å². The molecule has 1 saturated heterocycles. The first-order valence-corrected chi connectivity index (χ1v) is 8.49. The molecule has 1 fully saturated rings. The van der Waals surface area contributed by atoms with E-state index in [0.717, 1.165) is 42.8 Å². The molecule has 24 heavy (non-hydrogen) atoms. The van der Waals surface area contributed by atoms with Gasteiger partial charge < -0.3 is 20.1 Å². The third kappa shape index (κ3) is 6.67. The molecule has 1 aromatic carbocycles. The van der Waals surface area contributed by atoms with Crippen LogP contribution in [0.5, 0.6) is 5.75 Å². The zero-order valence-corrected chi connectivity index (χ0v) is 15.4. The average Bonchev–Trinajstić information content (AvgIpc) is 2.58. The van der Waals surface area contributed by atoms with Crippen LogP contribution in [0.25, 0.3) is 0 Å². The zero-order chi connectivity index (χ0) is 16.5. The predicted octanol–water partition coefficient (Wildman–Crippen LogP) is 2.45. The third-order valence-corrected chi connectivity index (χ3v) is 4.03. The molecule has 1 aliphatic heterocycles. The van der Waals surface area contributed by atoms with Crippen molar-refractivity contribution < 1.29 is 14.3 Å². The minimum absolute atomic E-state index is 0. The molecule has 1 amide bonds. The monoisotopic (exact) mass is 356 g/mol.